The Hall–Kier alpha value is -2.11. The lowest BCUT2D eigenvalue weighted by molar-refractivity contribution is 0.0692. The molecule has 1 aromatic rings. The summed E-state index contributed by atoms with van der Waals surface area (Å²) in [6.45, 7) is 2.90. The molecule has 0 aromatic carbocycles. The highest BCUT2D eigenvalue weighted by atomic mass is 16.4. The molecule has 80 valence electrons. The summed E-state index contributed by atoms with van der Waals surface area (Å²) in [5.74, 6) is -2.88. The number of rotatable bonds is 2. The number of carbonyl (C=O) groups excluding carboxylic acids is 1. The Balaban J connectivity index is 3.64. The Kier molecular flexibility index (Phi) is 2.61. The molecule has 0 aliphatic rings. The van der Waals surface area contributed by atoms with Crippen molar-refractivity contribution in [3.05, 3.63) is 22.5 Å². The topological polar surface area (TPSA) is 114 Å². The van der Waals surface area contributed by atoms with Crippen LogP contribution < -0.4 is 5.73 Å². The number of hydrogen-bond donors (Lipinski definition) is 3. The molecule has 0 bridgehead atoms. The molecule has 1 amide bonds. The zero-order chi connectivity index (χ0) is 11.7. The maximum Gasteiger partial charge on any atom is 0.341 e. The number of aromatic carboxylic acids is 1. The lowest BCUT2D eigenvalue weighted by atomic mass is 10.1. The number of hydrogen-bond acceptors (Lipinski definition) is 4. The van der Waals surface area contributed by atoms with Crippen molar-refractivity contribution >= 4 is 11.9 Å². The minimum Gasteiger partial charge on any atom is -0.506 e. The zero-order valence-corrected chi connectivity index (χ0v) is 8.24. The molecule has 0 radical (unpaired) electrons. The first-order valence-electron chi connectivity index (χ1n) is 4.09. The lowest BCUT2D eigenvalue weighted by Gasteiger charge is -2.09. The van der Waals surface area contributed by atoms with Gasteiger partial charge < -0.3 is 15.9 Å². The first-order valence-corrected chi connectivity index (χ1v) is 4.09. The number of carboxylic acids is 1. The van der Waals surface area contributed by atoms with Crippen LogP contribution in [0.25, 0.3) is 0 Å². The van der Waals surface area contributed by atoms with E-state index in [0.717, 1.165) is 0 Å². The molecule has 1 heterocycles. The van der Waals surface area contributed by atoms with Gasteiger partial charge in [0, 0.05) is 0 Å². The van der Waals surface area contributed by atoms with Crippen LogP contribution in [-0.4, -0.2) is 27.1 Å². The van der Waals surface area contributed by atoms with Gasteiger partial charge in [0.15, 0.2) is 0 Å². The van der Waals surface area contributed by atoms with Crippen molar-refractivity contribution in [2.45, 2.75) is 13.8 Å². The molecule has 4 N–H and O–H groups in total. The van der Waals surface area contributed by atoms with Crippen LogP contribution in [0.3, 0.4) is 0 Å². The smallest absolute Gasteiger partial charge is 0.341 e. The fourth-order valence-corrected chi connectivity index (χ4v) is 1.38. The third-order valence-electron chi connectivity index (χ3n) is 1.99. The Morgan fingerprint density at radius 3 is 2.07 bits per heavy atom. The van der Waals surface area contributed by atoms with Gasteiger partial charge in [0.05, 0.1) is 11.4 Å². The van der Waals surface area contributed by atoms with Gasteiger partial charge in [-0.3, -0.25) is 9.78 Å². The summed E-state index contributed by atoms with van der Waals surface area (Å²) in [6, 6.07) is 0. The van der Waals surface area contributed by atoms with Gasteiger partial charge >= 0.3 is 5.97 Å². The summed E-state index contributed by atoms with van der Waals surface area (Å²) < 4.78 is 0. The molecule has 0 aliphatic heterocycles. The predicted molar refractivity (Wildman–Crippen MR) is 50.9 cm³/mol. The highest BCUT2D eigenvalue weighted by Crippen LogP contribution is 2.26. The van der Waals surface area contributed by atoms with Crippen LogP contribution in [0.2, 0.25) is 0 Å². The molecular weight excluding hydrogens is 200 g/mol. The monoisotopic (exact) mass is 210 g/mol. The lowest BCUT2D eigenvalue weighted by Crippen LogP contribution is -2.17. The molecule has 15 heavy (non-hydrogen) atoms. The summed E-state index contributed by atoms with van der Waals surface area (Å²) in [4.78, 5) is 25.6. The van der Waals surface area contributed by atoms with Crippen LogP contribution in [0.15, 0.2) is 0 Å². The van der Waals surface area contributed by atoms with E-state index in [1.807, 2.05) is 0 Å². The molecule has 0 atom stereocenters. The van der Waals surface area contributed by atoms with Crippen molar-refractivity contribution in [1.29, 1.82) is 0 Å². The van der Waals surface area contributed by atoms with E-state index in [9.17, 15) is 14.7 Å². The summed E-state index contributed by atoms with van der Waals surface area (Å²) in [5, 5.41) is 18.4. The molecule has 0 fully saturated rings. The highest BCUT2D eigenvalue weighted by Gasteiger charge is 2.22. The molecule has 6 nitrogen and oxygen atoms in total. The van der Waals surface area contributed by atoms with E-state index < -0.39 is 23.2 Å². The van der Waals surface area contributed by atoms with Crippen molar-refractivity contribution in [1.82, 2.24) is 4.98 Å². The second-order valence-corrected chi connectivity index (χ2v) is 3.05. The maximum absolute atomic E-state index is 11.0. The number of aromatic nitrogens is 1. The van der Waals surface area contributed by atoms with Crippen LogP contribution >= 0.6 is 0 Å². The normalized spacial score (nSPS) is 10.0. The number of primary amides is 1. The summed E-state index contributed by atoms with van der Waals surface area (Å²) >= 11 is 0. The van der Waals surface area contributed by atoms with Crippen LogP contribution in [-0.2, 0) is 0 Å². The van der Waals surface area contributed by atoms with Gasteiger partial charge in [-0.25, -0.2) is 4.79 Å². The molecule has 0 saturated heterocycles. The number of carbonyl (C=O) groups is 2. The minimum atomic E-state index is -1.35. The molecule has 0 unspecified atom stereocenters. The number of nitrogens with two attached hydrogens (primary N) is 1. The van der Waals surface area contributed by atoms with Crippen molar-refractivity contribution in [3.8, 4) is 5.75 Å². The number of carboxylic acid groups (broad SMARTS) is 1. The van der Waals surface area contributed by atoms with E-state index in [4.69, 9.17) is 10.8 Å². The molecular formula is C9H10N2O4. The first-order chi connectivity index (χ1) is 6.86. The number of amides is 1. The third-order valence-corrected chi connectivity index (χ3v) is 1.99. The average Bonchev–Trinajstić information content (AvgIpc) is 1.99. The Morgan fingerprint density at radius 1 is 1.20 bits per heavy atom. The van der Waals surface area contributed by atoms with Gasteiger partial charge in [0.2, 0.25) is 0 Å². The zero-order valence-electron chi connectivity index (χ0n) is 8.24. The third kappa shape index (κ3) is 1.74. The fraction of sp³-hybridized carbons (Fsp3) is 0.222. The van der Waals surface area contributed by atoms with E-state index in [-0.39, 0.29) is 17.0 Å². The van der Waals surface area contributed by atoms with E-state index in [1.54, 1.807) is 0 Å². The number of nitrogens with zero attached hydrogens (tertiary/aromatic N) is 1. The van der Waals surface area contributed by atoms with E-state index in [1.165, 1.54) is 13.8 Å². The van der Waals surface area contributed by atoms with Crippen LogP contribution in [0.5, 0.6) is 5.75 Å². The Morgan fingerprint density at radius 2 is 1.67 bits per heavy atom. The van der Waals surface area contributed by atoms with Crippen molar-refractivity contribution in [3.63, 3.8) is 0 Å². The van der Waals surface area contributed by atoms with Gasteiger partial charge in [-0.1, -0.05) is 0 Å². The molecule has 1 rings (SSSR count). The molecule has 6 heteroatoms. The highest BCUT2D eigenvalue weighted by molar-refractivity contribution is 6.02. The Labute approximate surface area is 85.4 Å². The predicted octanol–water partition coefficient (Wildman–Crippen LogP) is 0.201. The number of aryl methyl sites for hydroxylation is 2. The standard InChI is InChI=1S/C9H10N2O4/c1-3-5(8(10)13)7(12)6(9(14)15)4(2)11-3/h1-2H3,(H2,10,13)(H,11,12)(H,14,15). The van der Waals surface area contributed by atoms with E-state index in [2.05, 4.69) is 4.98 Å². The van der Waals surface area contributed by atoms with Crippen molar-refractivity contribution in [2.24, 2.45) is 5.73 Å². The number of pyridine rings is 1. The SMILES string of the molecule is Cc1nc(C)c(C(=O)O)c(O)c1C(N)=O. The summed E-state index contributed by atoms with van der Waals surface area (Å²) in [6.07, 6.45) is 0. The first kappa shape index (κ1) is 11.0. The van der Waals surface area contributed by atoms with Crippen molar-refractivity contribution in [2.75, 3.05) is 0 Å². The van der Waals surface area contributed by atoms with Crippen LogP contribution in [0.1, 0.15) is 32.1 Å². The van der Waals surface area contributed by atoms with Gasteiger partial charge in [0.1, 0.15) is 16.9 Å². The average molecular weight is 210 g/mol. The second-order valence-electron chi connectivity index (χ2n) is 3.05. The van der Waals surface area contributed by atoms with Gasteiger partial charge in [-0.05, 0) is 13.8 Å². The molecule has 1 aromatic heterocycles. The van der Waals surface area contributed by atoms with Gasteiger partial charge in [-0.15, -0.1) is 0 Å². The van der Waals surface area contributed by atoms with Crippen molar-refractivity contribution < 1.29 is 19.8 Å². The fourth-order valence-electron chi connectivity index (χ4n) is 1.38. The maximum atomic E-state index is 11.0. The van der Waals surface area contributed by atoms with Gasteiger partial charge in [0.25, 0.3) is 5.91 Å². The van der Waals surface area contributed by atoms with Gasteiger partial charge in [-0.2, -0.15) is 0 Å². The Bertz CT molecular complexity index is 416. The second kappa shape index (κ2) is 3.56. The number of aromatic hydroxyl groups is 1. The van der Waals surface area contributed by atoms with E-state index >= 15 is 0 Å². The molecule has 0 saturated carbocycles. The van der Waals surface area contributed by atoms with E-state index in [0.29, 0.717) is 0 Å². The largest absolute Gasteiger partial charge is 0.506 e. The molecule has 0 spiro atoms. The minimum absolute atomic E-state index is 0.141. The van der Waals surface area contributed by atoms with Crippen LogP contribution in [0.4, 0.5) is 0 Å². The van der Waals surface area contributed by atoms with Crippen LogP contribution in [0, 0.1) is 13.8 Å². The summed E-state index contributed by atoms with van der Waals surface area (Å²) in [7, 11) is 0. The molecule has 0 aliphatic carbocycles. The summed E-state index contributed by atoms with van der Waals surface area (Å²) in [5.41, 5.74) is 4.71. The quantitative estimate of drug-likeness (QED) is 0.645.